The molecule has 0 saturated heterocycles. The average Bonchev–Trinajstić information content (AvgIpc) is 1.82. The van der Waals surface area contributed by atoms with Crippen LogP contribution in [0.25, 0.3) is 0 Å². The summed E-state index contributed by atoms with van der Waals surface area (Å²) in [5, 5.41) is 3.74. The zero-order valence-corrected chi connectivity index (χ0v) is 6.22. The summed E-state index contributed by atoms with van der Waals surface area (Å²) in [5.41, 5.74) is 0.981. The highest BCUT2D eigenvalue weighted by Crippen LogP contribution is 1.95. The van der Waals surface area contributed by atoms with Gasteiger partial charge >= 0.3 is 0 Å². The van der Waals surface area contributed by atoms with Crippen molar-refractivity contribution in [2.75, 3.05) is 0 Å². The molecule has 0 spiro atoms. The molecule has 0 aromatic heterocycles. The van der Waals surface area contributed by atoms with E-state index in [9.17, 15) is 0 Å². The highest BCUT2D eigenvalue weighted by atomic mass is 16.6. The van der Waals surface area contributed by atoms with Gasteiger partial charge in [0.2, 0.25) is 0 Å². The zero-order chi connectivity index (χ0) is 7.28. The second-order valence-electron chi connectivity index (χ2n) is 2.16. The molecule has 0 heterocycles. The molecule has 0 amide bonds. The van der Waals surface area contributed by atoms with Crippen molar-refractivity contribution in [3.05, 3.63) is 12.8 Å². The summed E-state index contributed by atoms with van der Waals surface area (Å²) in [7, 11) is 0. The van der Waals surface area contributed by atoms with Crippen molar-refractivity contribution < 1.29 is 4.84 Å². The fraction of sp³-hybridized carbons (Fsp3) is 0.571. The maximum Gasteiger partial charge on any atom is 0.114 e. The van der Waals surface area contributed by atoms with E-state index >= 15 is 0 Å². The first kappa shape index (κ1) is 8.21. The molecule has 0 aliphatic heterocycles. The molecule has 0 aliphatic rings. The first-order valence-corrected chi connectivity index (χ1v) is 2.99. The third kappa shape index (κ3) is 3.76. The van der Waals surface area contributed by atoms with E-state index in [2.05, 4.69) is 30.4 Å². The topological polar surface area (TPSA) is 21.6 Å². The van der Waals surface area contributed by atoms with Gasteiger partial charge in [-0.25, -0.2) is 0 Å². The van der Waals surface area contributed by atoms with Gasteiger partial charge in [0, 0.05) is 0 Å². The van der Waals surface area contributed by atoms with Gasteiger partial charge in [0.1, 0.15) is 6.26 Å². The average molecular weight is 127 g/mol. The number of hydrogen-bond acceptors (Lipinski definition) is 2. The van der Waals surface area contributed by atoms with E-state index in [1.54, 1.807) is 0 Å². The summed E-state index contributed by atoms with van der Waals surface area (Å²) < 4.78 is 0. The lowest BCUT2D eigenvalue weighted by Crippen LogP contribution is -2.01. The fourth-order valence-corrected chi connectivity index (χ4v) is 0.226. The Morgan fingerprint density at radius 1 is 1.67 bits per heavy atom. The van der Waals surface area contributed by atoms with Crippen LogP contribution in [0.2, 0.25) is 0 Å². The van der Waals surface area contributed by atoms with Gasteiger partial charge in [-0.2, -0.15) is 0 Å². The van der Waals surface area contributed by atoms with Gasteiger partial charge in [-0.1, -0.05) is 25.6 Å². The Labute approximate surface area is 56.2 Å². The summed E-state index contributed by atoms with van der Waals surface area (Å²) in [6.45, 7) is 9.41. The zero-order valence-electron chi connectivity index (χ0n) is 6.22. The van der Waals surface area contributed by atoms with Crippen LogP contribution in [0, 0.1) is 5.92 Å². The largest absolute Gasteiger partial charge is 0.366 e. The van der Waals surface area contributed by atoms with E-state index in [1.165, 1.54) is 6.26 Å². The molecule has 0 aliphatic carbocycles. The maximum absolute atomic E-state index is 4.61. The van der Waals surface area contributed by atoms with Crippen molar-refractivity contribution in [2.45, 2.75) is 20.8 Å². The molecule has 0 atom stereocenters. The van der Waals surface area contributed by atoms with Crippen LogP contribution in [0.4, 0.5) is 0 Å². The number of oxime groups is 1. The minimum absolute atomic E-state index is 0.449. The SMILES string of the molecule is C=CO/N=C(\C)C(C)C. The molecule has 9 heavy (non-hydrogen) atoms. The molecular weight excluding hydrogens is 114 g/mol. The highest BCUT2D eigenvalue weighted by Gasteiger charge is 1.95. The van der Waals surface area contributed by atoms with Crippen molar-refractivity contribution in [3.8, 4) is 0 Å². The first-order valence-electron chi connectivity index (χ1n) is 2.99. The predicted molar refractivity (Wildman–Crippen MR) is 39.2 cm³/mol. The molecule has 2 heteroatoms. The molecule has 0 rings (SSSR count). The third-order valence-corrected chi connectivity index (χ3v) is 1.11. The maximum atomic E-state index is 4.61. The normalized spacial score (nSPS) is 11.8. The van der Waals surface area contributed by atoms with Crippen LogP contribution in [-0.4, -0.2) is 5.71 Å². The smallest absolute Gasteiger partial charge is 0.114 e. The van der Waals surface area contributed by atoms with Crippen molar-refractivity contribution in [1.29, 1.82) is 0 Å². The quantitative estimate of drug-likeness (QED) is 0.323. The molecule has 0 fully saturated rings. The van der Waals surface area contributed by atoms with Gasteiger partial charge < -0.3 is 4.84 Å². The van der Waals surface area contributed by atoms with Gasteiger partial charge in [0.05, 0.1) is 5.71 Å². The van der Waals surface area contributed by atoms with Crippen LogP contribution in [0.3, 0.4) is 0 Å². The lowest BCUT2D eigenvalue weighted by atomic mass is 10.1. The lowest BCUT2D eigenvalue weighted by molar-refractivity contribution is 0.267. The van der Waals surface area contributed by atoms with Crippen LogP contribution in [0.1, 0.15) is 20.8 Å². The highest BCUT2D eigenvalue weighted by molar-refractivity contribution is 5.83. The summed E-state index contributed by atoms with van der Waals surface area (Å²) >= 11 is 0. The molecule has 52 valence electrons. The van der Waals surface area contributed by atoms with Crippen LogP contribution in [-0.2, 0) is 4.84 Å². The summed E-state index contributed by atoms with van der Waals surface area (Å²) in [5.74, 6) is 0.449. The Hall–Kier alpha value is -0.790. The number of rotatable bonds is 3. The minimum Gasteiger partial charge on any atom is -0.366 e. The van der Waals surface area contributed by atoms with Crippen molar-refractivity contribution in [2.24, 2.45) is 11.1 Å². The fourth-order valence-electron chi connectivity index (χ4n) is 0.226. The van der Waals surface area contributed by atoms with Crippen LogP contribution >= 0.6 is 0 Å². The molecule has 0 aromatic rings. The lowest BCUT2D eigenvalue weighted by Gasteiger charge is -2.00. The summed E-state index contributed by atoms with van der Waals surface area (Å²) in [6, 6.07) is 0. The minimum atomic E-state index is 0.449. The second kappa shape index (κ2) is 4.13. The summed E-state index contributed by atoms with van der Waals surface area (Å²) in [6.07, 6.45) is 1.31. The van der Waals surface area contributed by atoms with Gasteiger partial charge in [-0.05, 0) is 12.8 Å². The Balaban J connectivity index is 3.68. The molecule has 0 aromatic carbocycles. The van der Waals surface area contributed by atoms with Crippen LogP contribution in [0.15, 0.2) is 18.0 Å². The van der Waals surface area contributed by atoms with Gasteiger partial charge in [0.15, 0.2) is 0 Å². The van der Waals surface area contributed by atoms with Crippen molar-refractivity contribution in [1.82, 2.24) is 0 Å². The molecule has 2 nitrogen and oxygen atoms in total. The Morgan fingerprint density at radius 2 is 2.22 bits per heavy atom. The van der Waals surface area contributed by atoms with Crippen LogP contribution < -0.4 is 0 Å². The van der Waals surface area contributed by atoms with E-state index in [1.807, 2.05) is 6.92 Å². The van der Waals surface area contributed by atoms with Gasteiger partial charge in [-0.3, -0.25) is 0 Å². The molecule has 0 saturated carbocycles. The molecule has 0 bridgehead atoms. The van der Waals surface area contributed by atoms with E-state index < -0.39 is 0 Å². The molecular formula is C7H13NO. The van der Waals surface area contributed by atoms with E-state index in [0.717, 1.165) is 5.71 Å². The second-order valence-corrected chi connectivity index (χ2v) is 2.16. The van der Waals surface area contributed by atoms with E-state index in [4.69, 9.17) is 0 Å². The van der Waals surface area contributed by atoms with Gasteiger partial charge in [-0.15, -0.1) is 0 Å². The Kier molecular flexibility index (Phi) is 3.76. The number of hydrogen-bond donors (Lipinski definition) is 0. The first-order chi connectivity index (χ1) is 4.18. The summed E-state index contributed by atoms with van der Waals surface area (Å²) in [4.78, 5) is 4.61. The van der Waals surface area contributed by atoms with Crippen molar-refractivity contribution >= 4 is 5.71 Å². The van der Waals surface area contributed by atoms with E-state index in [0.29, 0.717) is 5.92 Å². The van der Waals surface area contributed by atoms with E-state index in [-0.39, 0.29) is 0 Å². The molecule has 0 unspecified atom stereocenters. The standard InChI is InChI=1S/C7H13NO/c1-5-9-8-7(4)6(2)3/h5-6H,1H2,2-4H3/b8-7+. The molecule has 0 radical (unpaired) electrons. The predicted octanol–water partition coefficient (Wildman–Crippen LogP) is 2.18. The third-order valence-electron chi connectivity index (χ3n) is 1.11. The number of nitrogens with zero attached hydrogens (tertiary/aromatic N) is 1. The monoisotopic (exact) mass is 127 g/mol. The molecule has 0 N–H and O–H groups in total. The Bertz CT molecular complexity index is 116. The van der Waals surface area contributed by atoms with Crippen molar-refractivity contribution in [3.63, 3.8) is 0 Å². The van der Waals surface area contributed by atoms with Gasteiger partial charge in [0.25, 0.3) is 0 Å². The van der Waals surface area contributed by atoms with Crippen LogP contribution in [0.5, 0.6) is 0 Å². The Morgan fingerprint density at radius 3 is 2.56 bits per heavy atom.